The third-order valence-electron chi connectivity index (χ3n) is 3.08. The van der Waals surface area contributed by atoms with Crippen molar-refractivity contribution in [3.63, 3.8) is 0 Å². The molecule has 0 radical (unpaired) electrons. The van der Waals surface area contributed by atoms with E-state index in [9.17, 15) is 8.42 Å². The van der Waals surface area contributed by atoms with Gasteiger partial charge in [0, 0.05) is 12.6 Å². The predicted octanol–water partition coefficient (Wildman–Crippen LogP) is 1.50. The molecule has 2 rings (SSSR count). The first-order valence-electron chi connectivity index (χ1n) is 6.97. The largest absolute Gasteiger partial charge is 0.489 e. The van der Waals surface area contributed by atoms with Crippen LogP contribution < -0.4 is 14.8 Å². The highest BCUT2D eigenvalue weighted by Gasteiger charge is 2.17. The first-order chi connectivity index (χ1) is 9.47. The van der Waals surface area contributed by atoms with Gasteiger partial charge in [-0.2, -0.15) is 0 Å². The van der Waals surface area contributed by atoms with E-state index in [0.29, 0.717) is 5.75 Å². The topological polar surface area (TPSA) is 67.4 Å². The summed E-state index contributed by atoms with van der Waals surface area (Å²) < 4.78 is 32.3. The Morgan fingerprint density at radius 2 is 2.00 bits per heavy atom. The predicted molar refractivity (Wildman–Crippen MR) is 78.4 cm³/mol. The molecule has 0 aliphatic carbocycles. The first kappa shape index (κ1) is 15.3. The molecule has 20 heavy (non-hydrogen) atoms. The molecular formula is C14H22N2O3S. The van der Waals surface area contributed by atoms with Gasteiger partial charge < -0.3 is 10.1 Å². The van der Waals surface area contributed by atoms with Gasteiger partial charge in [0.2, 0.25) is 10.0 Å². The van der Waals surface area contributed by atoms with E-state index in [1.54, 1.807) is 38.1 Å². The smallest absolute Gasteiger partial charge is 0.240 e. The van der Waals surface area contributed by atoms with E-state index >= 15 is 0 Å². The summed E-state index contributed by atoms with van der Waals surface area (Å²) in [4.78, 5) is 0.264. The fourth-order valence-electron chi connectivity index (χ4n) is 2.19. The van der Waals surface area contributed by atoms with Crippen molar-refractivity contribution in [2.24, 2.45) is 0 Å². The molecule has 1 heterocycles. The van der Waals surface area contributed by atoms with Gasteiger partial charge >= 0.3 is 0 Å². The second kappa shape index (κ2) is 6.56. The minimum atomic E-state index is -3.43. The summed E-state index contributed by atoms with van der Waals surface area (Å²) in [5.74, 6) is 0.710. The summed E-state index contributed by atoms with van der Waals surface area (Å²) in [7, 11) is -3.43. The van der Waals surface area contributed by atoms with Crippen molar-refractivity contribution in [3.8, 4) is 5.75 Å². The Morgan fingerprint density at radius 3 is 2.55 bits per heavy atom. The number of ether oxygens (including phenoxy) is 1. The highest BCUT2D eigenvalue weighted by Crippen LogP contribution is 2.19. The van der Waals surface area contributed by atoms with Crippen molar-refractivity contribution < 1.29 is 13.2 Å². The molecule has 112 valence electrons. The Hall–Kier alpha value is -1.11. The maximum absolute atomic E-state index is 12.0. The summed E-state index contributed by atoms with van der Waals surface area (Å²) >= 11 is 0. The maximum atomic E-state index is 12.0. The molecule has 1 aromatic rings. The third kappa shape index (κ3) is 4.19. The lowest BCUT2D eigenvalue weighted by molar-refractivity contribution is 0.167. The lowest BCUT2D eigenvalue weighted by atomic mass is 10.1. The van der Waals surface area contributed by atoms with Crippen LogP contribution in [0.5, 0.6) is 5.75 Å². The van der Waals surface area contributed by atoms with E-state index in [4.69, 9.17) is 4.74 Å². The molecule has 2 N–H and O–H groups in total. The van der Waals surface area contributed by atoms with Crippen molar-refractivity contribution in [2.75, 3.05) is 13.1 Å². The Bertz CT molecular complexity index is 520. The summed E-state index contributed by atoms with van der Waals surface area (Å²) in [6, 6.07) is 6.46. The van der Waals surface area contributed by atoms with E-state index in [-0.39, 0.29) is 17.0 Å². The molecule has 6 heteroatoms. The molecular weight excluding hydrogens is 276 g/mol. The van der Waals surface area contributed by atoms with Crippen molar-refractivity contribution in [1.82, 2.24) is 10.0 Å². The average Bonchev–Trinajstić information content (AvgIpc) is 2.39. The Morgan fingerprint density at radius 1 is 1.30 bits per heavy atom. The van der Waals surface area contributed by atoms with E-state index in [0.717, 1.165) is 25.9 Å². The standard InChI is InChI=1S/C14H22N2O3S/c1-11(2)16-20(17,18)14-7-5-12(6-8-14)19-13-4-3-9-15-10-13/h5-8,11,13,15-16H,3-4,9-10H2,1-2H3/t13-/m0/s1. The molecule has 0 aromatic heterocycles. The molecule has 0 saturated carbocycles. The Balaban J connectivity index is 2.02. The summed E-state index contributed by atoms with van der Waals surface area (Å²) in [5.41, 5.74) is 0. The van der Waals surface area contributed by atoms with Crippen molar-refractivity contribution in [1.29, 1.82) is 0 Å². The van der Waals surface area contributed by atoms with Crippen LogP contribution in [0.2, 0.25) is 0 Å². The maximum Gasteiger partial charge on any atom is 0.240 e. The molecule has 5 nitrogen and oxygen atoms in total. The second-order valence-corrected chi connectivity index (χ2v) is 7.05. The van der Waals surface area contributed by atoms with Gasteiger partial charge in [0.25, 0.3) is 0 Å². The van der Waals surface area contributed by atoms with Crippen LogP contribution in [0.4, 0.5) is 0 Å². The van der Waals surface area contributed by atoms with E-state index < -0.39 is 10.0 Å². The number of hydrogen-bond acceptors (Lipinski definition) is 4. The molecule has 1 fully saturated rings. The normalized spacial score (nSPS) is 20.1. The van der Waals surface area contributed by atoms with Crippen molar-refractivity contribution in [3.05, 3.63) is 24.3 Å². The van der Waals surface area contributed by atoms with Crippen LogP contribution >= 0.6 is 0 Å². The minimum Gasteiger partial charge on any atom is -0.489 e. The highest BCUT2D eigenvalue weighted by atomic mass is 32.2. The van der Waals surface area contributed by atoms with Crippen LogP contribution in [0.15, 0.2) is 29.2 Å². The van der Waals surface area contributed by atoms with Crippen LogP contribution in [-0.4, -0.2) is 33.7 Å². The first-order valence-corrected chi connectivity index (χ1v) is 8.45. The lowest BCUT2D eigenvalue weighted by Gasteiger charge is -2.24. The van der Waals surface area contributed by atoms with Crippen molar-refractivity contribution in [2.45, 2.75) is 43.7 Å². The molecule has 1 aromatic carbocycles. The Labute approximate surface area is 120 Å². The quantitative estimate of drug-likeness (QED) is 0.864. The highest BCUT2D eigenvalue weighted by molar-refractivity contribution is 7.89. The van der Waals surface area contributed by atoms with E-state index in [1.807, 2.05) is 0 Å². The van der Waals surface area contributed by atoms with Gasteiger partial charge in [-0.05, 0) is 57.5 Å². The van der Waals surface area contributed by atoms with Crippen LogP contribution in [0.1, 0.15) is 26.7 Å². The van der Waals surface area contributed by atoms with Gasteiger partial charge in [0.15, 0.2) is 0 Å². The third-order valence-corrected chi connectivity index (χ3v) is 4.75. The fourth-order valence-corrected chi connectivity index (χ4v) is 3.44. The fraction of sp³-hybridized carbons (Fsp3) is 0.571. The zero-order valence-corrected chi connectivity index (χ0v) is 12.7. The molecule has 0 bridgehead atoms. The van der Waals surface area contributed by atoms with Crippen LogP contribution in [0, 0.1) is 0 Å². The van der Waals surface area contributed by atoms with Crippen LogP contribution in [-0.2, 0) is 10.0 Å². The van der Waals surface area contributed by atoms with Gasteiger partial charge in [-0.15, -0.1) is 0 Å². The molecule has 1 aliphatic heterocycles. The van der Waals surface area contributed by atoms with Crippen molar-refractivity contribution >= 4 is 10.0 Å². The number of rotatable bonds is 5. The number of hydrogen-bond donors (Lipinski definition) is 2. The van der Waals surface area contributed by atoms with Gasteiger partial charge in [0.1, 0.15) is 11.9 Å². The number of sulfonamides is 1. The van der Waals surface area contributed by atoms with Gasteiger partial charge in [-0.1, -0.05) is 0 Å². The summed E-state index contributed by atoms with van der Waals surface area (Å²) in [5, 5.41) is 3.28. The average molecular weight is 298 g/mol. The van der Waals surface area contributed by atoms with Crippen LogP contribution in [0.3, 0.4) is 0 Å². The molecule has 0 amide bonds. The number of nitrogens with one attached hydrogen (secondary N) is 2. The van der Waals surface area contributed by atoms with Gasteiger partial charge in [-0.3, -0.25) is 0 Å². The minimum absolute atomic E-state index is 0.121. The number of benzene rings is 1. The molecule has 0 spiro atoms. The molecule has 1 saturated heterocycles. The molecule has 1 aliphatic rings. The second-order valence-electron chi connectivity index (χ2n) is 5.33. The zero-order chi connectivity index (χ0) is 14.6. The summed E-state index contributed by atoms with van der Waals surface area (Å²) in [6.07, 6.45) is 2.30. The monoisotopic (exact) mass is 298 g/mol. The van der Waals surface area contributed by atoms with Gasteiger partial charge in [0.05, 0.1) is 4.90 Å². The lowest BCUT2D eigenvalue weighted by Crippen LogP contribution is -2.37. The van der Waals surface area contributed by atoms with Gasteiger partial charge in [-0.25, -0.2) is 13.1 Å². The zero-order valence-electron chi connectivity index (χ0n) is 11.9. The van der Waals surface area contributed by atoms with E-state index in [1.165, 1.54) is 0 Å². The molecule has 1 atom stereocenters. The number of piperidine rings is 1. The van der Waals surface area contributed by atoms with Crippen LogP contribution in [0.25, 0.3) is 0 Å². The summed E-state index contributed by atoms with van der Waals surface area (Å²) in [6.45, 7) is 5.48. The SMILES string of the molecule is CC(C)NS(=O)(=O)c1ccc(O[C@H]2CCCNC2)cc1. The Kier molecular flexibility index (Phi) is 5.01. The molecule has 0 unspecified atom stereocenters. The van der Waals surface area contributed by atoms with E-state index in [2.05, 4.69) is 10.0 Å².